The maximum Gasteiger partial charge on any atom is 0.124 e. The summed E-state index contributed by atoms with van der Waals surface area (Å²) in [6, 6.07) is 14.3. The summed E-state index contributed by atoms with van der Waals surface area (Å²) in [6.45, 7) is 4.02. The van der Waals surface area contributed by atoms with Crippen LogP contribution in [0.3, 0.4) is 0 Å². The van der Waals surface area contributed by atoms with E-state index in [4.69, 9.17) is 0 Å². The molecule has 0 aliphatic carbocycles. The Kier molecular flexibility index (Phi) is 6.31. The van der Waals surface area contributed by atoms with Crippen molar-refractivity contribution >= 4 is 55.7 Å². The van der Waals surface area contributed by atoms with E-state index in [1.165, 1.54) is 0 Å². The second kappa shape index (κ2) is 8.71. The SMILES string of the molecule is Cc1cc(N=Cc2cc(Br)ccc2O)c(N=Cc2cc(Br)ccc2O)cc1C. The number of phenols is 2. The maximum atomic E-state index is 10.0. The summed E-state index contributed by atoms with van der Waals surface area (Å²) in [6.07, 6.45) is 3.22. The van der Waals surface area contributed by atoms with Crippen LogP contribution in [0.2, 0.25) is 0 Å². The van der Waals surface area contributed by atoms with Gasteiger partial charge in [-0.3, -0.25) is 9.98 Å². The Hall–Kier alpha value is -2.44. The number of halogens is 2. The van der Waals surface area contributed by atoms with Crippen LogP contribution < -0.4 is 0 Å². The van der Waals surface area contributed by atoms with Crippen molar-refractivity contribution in [2.75, 3.05) is 0 Å². The van der Waals surface area contributed by atoms with Crippen LogP contribution in [0.25, 0.3) is 0 Å². The Morgan fingerprint density at radius 2 is 1.07 bits per heavy atom. The molecule has 142 valence electrons. The van der Waals surface area contributed by atoms with Crippen LogP contribution >= 0.6 is 31.9 Å². The van der Waals surface area contributed by atoms with Crippen molar-refractivity contribution in [3.05, 3.63) is 79.7 Å². The van der Waals surface area contributed by atoms with Gasteiger partial charge in [-0.25, -0.2) is 0 Å². The van der Waals surface area contributed by atoms with Crippen molar-refractivity contribution in [3.63, 3.8) is 0 Å². The molecule has 3 aromatic rings. The molecular formula is C22H18Br2N2O2. The fourth-order valence-corrected chi connectivity index (χ4v) is 3.29. The Morgan fingerprint density at radius 1 is 0.679 bits per heavy atom. The molecular weight excluding hydrogens is 484 g/mol. The molecule has 3 aromatic carbocycles. The van der Waals surface area contributed by atoms with Crippen molar-refractivity contribution in [2.45, 2.75) is 13.8 Å². The first-order valence-electron chi connectivity index (χ1n) is 8.50. The normalized spacial score (nSPS) is 11.6. The van der Waals surface area contributed by atoms with Gasteiger partial charge in [-0.2, -0.15) is 0 Å². The first-order valence-corrected chi connectivity index (χ1v) is 10.1. The molecule has 4 nitrogen and oxygen atoms in total. The van der Waals surface area contributed by atoms with Crippen LogP contribution in [0.5, 0.6) is 11.5 Å². The average Bonchev–Trinajstić information content (AvgIpc) is 2.66. The highest BCUT2D eigenvalue weighted by Crippen LogP contribution is 2.32. The van der Waals surface area contributed by atoms with Gasteiger partial charge >= 0.3 is 0 Å². The van der Waals surface area contributed by atoms with Gasteiger partial charge in [-0.1, -0.05) is 31.9 Å². The zero-order valence-electron chi connectivity index (χ0n) is 15.3. The smallest absolute Gasteiger partial charge is 0.124 e. The van der Waals surface area contributed by atoms with Crippen molar-refractivity contribution < 1.29 is 10.2 Å². The Balaban J connectivity index is 2.01. The number of benzene rings is 3. The second-order valence-corrected chi connectivity index (χ2v) is 8.18. The van der Waals surface area contributed by atoms with Gasteiger partial charge < -0.3 is 10.2 Å². The first kappa shape index (κ1) is 20.3. The molecule has 0 spiro atoms. The summed E-state index contributed by atoms with van der Waals surface area (Å²) in [5, 5.41) is 20.0. The summed E-state index contributed by atoms with van der Waals surface area (Å²) in [4.78, 5) is 9.08. The van der Waals surface area contributed by atoms with E-state index in [9.17, 15) is 10.2 Å². The monoisotopic (exact) mass is 500 g/mol. The molecule has 0 aliphatic rings. The summed E-state index contributed by atoms with van der Waals surface area (Å²) < 4.78 is 1.71. The minimum atomic E-state index is 0.153. The van der Waals surface area contributed by atoms with E-state index < -0.39 is 0 Å². The Labute approximate surface area is 180 Å². The standard InChI is InChI=1S/C22H18Br2N2O2/c1-13-7-19(25-11-15-9-17(23)3-5-21(15)27)20(8-14(13)2)26-12-16-10-18(24)4-6-22(16)28/h3-12,27-28H,1-2H3. The molecule has 0 heterocycles. The molecule has 0 radical (unpaired) electrons. The molecule has 0 amide bonds. The van der Waals surface area contributed by atoms with Crippen molar-refractivity contribution in [1.29, 1.82) is 0 Å². The summed E-state index contributed by atoms with van der Waals surface area (Å²) in [5.41, 5.74) is 4.74. The van der Waals surface area contributed by atoms with Crippen molar-refractivity contribution in [1.82, 2.24) is 0 Å². The highest BCUT2D eigenvalue weighted by atomic mass is 79.9. The van der Waals surface area contributed by atoms with Gasteiger partial charge in [0.1, 0.15) is 11.5 Å². The van der Waals surface area contributed by atoms with Gasteiger partial charge in [0.15, 0.2) is 0 Å². The molecule has 0 atom stereocenters. The van der Waals surface area contributed by atoms with E-state index in [0.29, 0.717) is 22.5 Å². The molecule has 0 aromatic heterocycles. The largest absolute Gasteiger partial charge is 0.507 e. The fourth-order valence-electron chi connectivity index (χ4n) is 2.53. The number of hydrogen-bond acceptors (Lipinski definition) is 4. The molecule has 28 heavy (non-hydrogen) atoms. The van der Waals surface area contributed by atoms with Crippen LogP contribution in [0, 0.1) is 13.8 Å². The van der Waals surface area contributed by atoms with Crippen LogP contribution in [0.1, 0.15) is 22.3 Å². The van der Waals surface area contributed by atoms with Crippen molar-refractivity contribution in [2.24, 2.45) is 9.98 Å². The van der Waals surface area contributed by atoms with Gasteiger partial charge in [0.25, 0.3) is 0 Å². The number of aliphatic imine (C=N–C) groups is 2. The van der Waals surface area contributed by atoms with Gasteiger partial charge in [0.05, 0.1) is 11.4 Å². The zero-order valence-corrected chi connectivity index (χ0v) is 18.5. The molecule has 0 saturated heterocycles. The number of rotatable bonds is 4. The van der Waals surface area contributed by atoms with Gasteiger partial charge in [-0.05, 0) is 73.5 Å². The van der Waals surface area contributed by atoms with Gasteiger partial charge in [0.2, 0.25) is 0 Å². The minimum absolute atomic E-state index is 0.153. The summed E-state index contributed by atoms with van der Waals surface area (Å²) in [7, 11) is 0. The molecule has 6 heteroatoms. The number of aromatic hydroxyl groups is 2. The molecule has 0 saturated carbocycles. The topological polar surface area (TPSA) is 65.2 Å². The lowest BCUT2D eigenvalue weighted by molar-refractivity contribution is 0.474. The van der Waals surface area contributed by atoms with Crippen molar-refractivity contribution in [3.8, 4) is 11.5 Å². The lowest BCUT2D eigenvalue weighted by Crippen LogP contribution is -1.86. The lowest BCUT2D eigenvalue weighted by Gasteiger charge is -2.07. The summed E-state index contributed by atoms with van der Waals surface area (Å²) in [5.74, 6) is 0.305. The average molecular weight is 502 g/mol. The molecule has 0 bridgehead atoms. The first-order chi connectivity index (χ1) is 13.3. The molecule has 0 unspecified atom stereocenters. The summed E-state index contributed by atoms with van der Waals surface area (Å²) >= 11 is 6.80. The second-order valence-electron chi connectivity index (χ2n) is 6.35. The van der Waals surface area contributed by atoms with Crippen LogP contribution in [0.15, 0.2) is 67.5 Å². The quantitative estimate of drug-likeness (QED) is 0.388. The number of hydrogen-bond donors (Lipinski definition) is 2. The fraction of sp³-hybridized carbons (Fsp3) is 0.0909. The number of aryl methyl sites for hydroxylation is 2. The van der Waals surface area contributed by atoms with E-state index in [2.05, 4.69) is 41.8 Å². The predicted octanol–water partition coefficient (Wildman–Crippen LogP) is 6.74. The van der Waals surface area contributed by atoms with E-state index in [-0.39, 0.29) is 11.5 Å². The molecule has 2 N–H and O–H groups in total. The maximum absolute atomic E-state index is 10.0. The lowest BCUT2D eigenvalue weighted by atomic mass is 10.1. The molecule has 0 aliphatic heterocycles. The third-order valence-corrected chi connectivity index (χ3v) is 5.24. The predicted molar refractivity (Wildman–Crippen MR) is 122 cm³/mol. The van der Waals surface area contributed by atoms with E-state index in [0.717, 1.165) is 20.1 Å². The zero-order chi connectivity index (χ0) is 20.3. The van der Waals surface area contributed by atoms with E-state index >= 15 is 0 Å². The minimum Gasteiger partial charge on any atom is -0.507 e. The van der Waals surface area contributed by atoms with E-state index in [1.54, 1.807) is 48.8 Å². The third kappa shape index (κ3) is 4.88. The number of phenolic OH excluding ortho intramolecular Hbond substituents is 2. The highest BCUT2D eigenvalue weighted by Gasteiger charge is 2.06. The Morgan fingerprint density at radius 3 is 1.46 bits per heavy atom. The molecule has 3 rings (SSSR count). The van der Waals surface area contributed by atoms with E-state index in [1.807, 2.05) is 26.0 Å². The van der Waals surface area contributed by atoms with Gasteiger partial charge in [0, 0.05) is 32.5 Å². The third-order valence-electron chi connectivity index (χ3n) is 4.26. The molecule has 0 fully saturated rings. The van der Waals surface area contributed by atoms with Crippen LogP contribution in [-0.4, -0.2) is 22.6 Å². The van der Waals surface area contributed by atoms with Crippen LogP contribution in [0.4, 0.5) is 11.4 Å². The number of nitrogens with zero attached hydrogens (tertiary/aromatic N) is 2. The van der Waals surface area contributed by atoms with Gasteiger partial charge in [-0.15, -0.1) is 0 Å². The highest BCUT2D eigenvalue weighted by molar-refractivity contribution is 9.10. The Bertz CT molecular complexity index is 1010. The van der Waals surface area contributed by atoms with Crippen LogP contribution in [-0.2, 0) is 0 Å².